The fourth-order valence-corrected chi connectivity index (χ4v) is 10.5. The first kappa shape index (κ1) is 44.7. The average Bonchev–Trinajstić information content (AvgIpc) is 3.47. The summed E-state index contributed by atoms with van der Waals surface area (Å²) in [5, 5.41) is 0. The van der Waals surface area contributed by atoms with Crippen LogP contribution in [0.1, 0.15) is 0 Å². The van der Waals surface area contributed by atoms with Gasteiger partial charge in [0.25, 0.3) is 0 Å². The van der Waals surface area contributed by atoms with Crippen LogP contribution in [0.3, 0.4) is 0 Å². The fourth-order valence-electron chi connectivity index (χ4n) is 10.5. The Morgan fingerprint density at radius 3 is 1.04 bits per heavy atom. The van der Waals surface area contributed by atoms with E-state index in [2.05, 4.69) is 329 Å². The Balaban J connectivity index is 1.10. The van der Waals surface area contributed by atoms with Gasteiger partial charge in [-0.2, -0.15) is 0 Å². The Morgan fingerprint density at radius 2 is 0.616 bits per heavy atom. The van der Waals surface area contributed by atoms with Crippen molar-refractivity contribution in [3.05, 3.63) is 297 Å². The molecular formula is C67H52BN5. The monoisotopic (exact) mass is 937 g/mol. The second kappa shape index (κ2) is 20.1. The van der Waals surface area contributed by atoms with E-state index in [4.69, 9.17) is 0 Å². The molecule has 0 amide bonds. The Kier molecular flexibility index (Phi) is 12.3. The first-order valence-electron chi connectivity index (χ1n) is 24.9. The van der Waals surface area contributed by atoms with Crippen molar-refractivity contribution in [2.45, 2.75) is 0 Å². The molecule has 0 aliphatic carbocycles. The summed E-state index contributed by atoms with van der Waals surface area (Å²) in [6, 6.07) is 107. The zero-order chi connectivity index (χ0) is 48.9. The molecule has 12 rings (SSSR count). The van der Waals surface area contributed by atoms with Crippen molar-refractivity contribution in [3.63, 3.8) is 0 Å². The van der Waals surface area contributed by atoms with Crippen LogP contribution in [0.4, 0.5) is 79.6 Å². The normalized spacial score (nSPS) is 11.6. The zero-order valence-corrected chi connectivity index (χ0v) is 40.6. The van der Waals surface area contributed by atoms with E-state index in [0.717, 1.165) is 79.6 Å². The molecule has 0 saturated heterocycles. The van der Waals surface area contributed by atoms with Crippen LogP contribution in [-0.2, 0) is 0 Å². The Hall–Kier alpha value is -9.52. The first-order chi connectivity index (χ1) is 36.2. The van der Waals surface area contributed by atoms with Crippen molar-refractivity contribution >= 4 is 103 Å². The van der Waals surface area contributed by atoms with E-state index in [1.165, 1.54) is 16.4 Å². The SMILES string of the molecule is CN(c1ccccc1)c1cc(N(c2ccc(N(c3ccccc3)c3ccccc3)cc2)c2ccc(N(c3ccccc3)c3ccccc3)cc2)cc2c1B(c1ccccc1)c1ccccc1N2c1ccccc1. The summed E-state index contributed by atoms with van der Waals surface area (Å²) in [5.74, 6) is 0. The van der Waals surface area contributed by atoms with Gasteiger partial charge in [0, 0.05) is 81.0 Å². The van der Waals surface area contributed by atoms with Gasteiger partial charge >= 0.3 is 0 Å². The number of fused-ring (bicyclic) bond motifs is 2. The predicted octanol–water partition coefficient (Wildman–Crippen LogP) is 16.2. The number of hydrogen-bond donors (Lipinski definition) is 0. The van der Waals surface area contributed by atoms with E-state index >= 15 is 0 Å². The third-order valence-corrected chi connectivity index (χ3v) is 13.8. The van der Waals surface area contributed by atoms with E-state index in [9.17, 15) is 0 Å². The molecule has 0 bridgehead atoms. The van der Waals surface area contributed by atoms with E-state index in [1.54, 1.807) is 0 Å². The van der Waals surface area contributed by atoms with Crippen molar-refractivity contribution in [3.8, 4) is 0 Å². The maximum atomic E-state index is 2.47. The van der Waals surface area contributed by atoms with Crippen molar-refractivity contribution in [2.75, 3.05) is 31.5 Å². The minimum Gasteiger partial charge on any atom is -0.345 e. The van der Waals surface area contributed by atoms with Gasteiger partial charge in [0.15, 0.2) is 0 Å². The van der Waals surface area contributed by atoms with Gasteiger partial charge in [-0.1, -0.05) is 163 Å². The highest BCUT2D eigenvalue weighted by Gasteiger charge is 2.39. The highest BCUT2D eigenvalue weighted by Crippen LogP contribution is 2.46. The summed E-state index contributed by atoms with van der Waals surface area (Å²) in [5.41, 5.74) is 18.9. The number of benzene rings is 11. The van der Waals surface area contributed by atoms with Gasteiger partial charge in [-0.05, 0) is 150 Å². The summed E-state index contributed by atoms with van der Waals surface area (Å²) < 4.78 is 0. The van der Waals surface area contributed by atoms with E-state index < -0.39 is 0 Å². The van der Waals surface area contributed by atoms with E-state index in [0.29, 0.717) is 0 Å². The molecule has 0 unspecified atom stereocenters. The molecule has 0 atom stereocenters. The lowest BCUT2D eigenvalue weighted by molar-refractivity contribution is 1.19. The molecule has 0 N–H and O–H groups in total. The molecule has 73 heavy (non-hydrogen) atoms. The second-order valence-corrected chi connectivity index (χ2v) is 18.2. The summed E-state index contributed by atoms with van der Waals surface area (Å²) in [4.78, 5) is 11.9. The predicted molar refractivity (Wildman–Crippen MR) is 311 cm³/mol. The van der Waals surface area contributed by atoms with Crippen molar-refractivity contribution in [1.29, 1.82) is 0 Å². The highest BCUT2D eigenvalue weighted by molar-refractivity contribution is 6.99. The fraction of sp³-hybridized carbons (Fsp3) is 0.0149. The van der Waals surface area contributed by atoms with Crippen LogP contribution >= 0.6 is 0 Å². The number of hydrogen-bond acceptors (Lipinski definition) is 5. The molecule has 0 saturated carbocycles. The molecule has 0 aromatic heterocycles. The molecule has 1 heterocycles. The molecule has 0 radical (unpaired) electrons. The van der Waals surface area contributed by atoms with Crippen LogP contribution in [0.2, 0.25) is 0 Å². The first-order valence-corrected chi connectivity index (χ1v) is 24.9. The standard InChI is InChI=1S/C67H52BN5/c1-69(52-27-11-3-12-28-52)65-49-62(50-66-67(65)68(51-25-9-2-10-26-51)63-39-23-24-40-64(63)73(66)57-37-21-8-22-38-57)72(60-45-41-58(42-46-60)70(53-29-13-4-14-30-53)54-31-15-5-16-32-54)61-47-43-59(44-48-61)71(55-33-17-6-18-34-55)56-35-19-7-20-36-56/h2-50H,1H3. The van der Waals surface area contributed by atoms with Crippen LogP contribution in [-0.4, -0.2) is 13.8 Å². The zero-order valence-electron chi connectivity index (χ0n) is 40.6. The second-order valence-electron chi connectivity index (χ2n) is 18.2. The maximum absolute atomic E-state index is 2.47. The lowest BCUT2D eigenvalue weighted by atomic mass is 9.34. The molecule has 1 aliphatic rings. The average molecular weight is 938 g/mol. The largest absolute Gasteiger partial charge is 0.345 e. The Labute approximate surface area is 429 Å². The van der Waals surface area contributed by atoms with Crippen LogP contribution in [0.5, 0.6) is 0 Å². The number of para-hydroxylation sites is 7. The molecule has 0 fully saturated rings. The van der Waals surface area contributed by atoms with Gasteiger partial charge in [-0.3, -0.25) is 0 Å². The Morgan fingerprint density at radius 1 is 0.288 bits per heavy atom. The van der Waals surface area contributed by atoms with Gasteiger partial charge in [0.2, 0.25) is 6.71 Å². The van der Waals surface area contributed by atoms with E-state index in [-0.39, 0.29) is 6.71 Å². The van der Waals surface area contributed by atoms with Crippen molar-refractivity contribution in [2.24, 2.45) is 0 Å². The quantitative estimate of drug-likeness (QED) is 0.107. The molecule has 5 nitrogen and oxygen atoms in total. The van der Waals surface area contributed by atoms with Crippen LogP contribution in [0.15, 0.2) is 297 Å². The topological polar surface area (TPSA) is 16.2 Å². The van der Waals surface area contributed by atoms with Gasteiger partial charge in [-0.25, -0.2) is 0 Å². The lowest BCUT2D eigenvalue weighted by Crippen LogP contribution is -2.58. The lowest BCUT2D eigenvalue weighted by Gasteiger charge is -2.40. The smallest absolute Gasteiger partial charge is 0.249 e. The third kappa shape index (κ3) is 8.77. The van der Waals surface area contributed by atoms with Gasteiger partial charge in [0.05, 0.1) is 5.69 Å². The minimum absolute atomic E-state index is 0.0569. The summed E-state index contributed by atoms with van der Waals surface area (Å²) in [7, 11) is 2.21. The van der Waals surface area contributed by atoms with Gasteiger partial charge < -0.3 is 24.5 Å². The van der Waals surface area contributed by atoms with Gasteiger partial charge in [0.1, 0.15) is 0 Å². The molecule has 1 aliphatic heterocycles. The number of rotatable bonds is 13. The number of nitrogens with zero attached hydrogens (tertiary/aromatic N) is 5. The summed E-state index contributed by atoms with van der Waals surface area (Å²) in [6.07, 6.45) is 0. The van der Waals surface area contributed by atoms with Crippen molar-refractivity contribution < 1.29 is 0 Å². The van der Waals surface area contributed by atoms with Crippen molar-refractivity contribution in [1.82, 2.24) is 0 Å². The maximum Gasteiger partial charge on any atom is 0.249 e. The minimum atomic E-state index is -0.0569. The van der Waals surface area contributed by atoms with Crippen LogP contribution in [0.25, 0.3) is 0 Å². The molecule has 11 aromatic carbocycles. The van der Waals surface area contributed by atoms with Gasteiger partial charge in [-0.15, -0.1) is 0 Å². The molecule has 6 heteroatoms. The summed E-state index contributed by atoms with van der Waals surface area (Å²) >= 11 is 0. The van der Waals surface area contributed by atoms with Crippen LogP contribution in [0, 0.1) is 0 Å². The molecular weight excluding hydrogens is 886 g/mol. The van der Waals surface area contributed by atoms with E-state index in [1.807, 2.05) is 0 Å². The summed E-state index contributed by atoms with van der Waals surface area (Å²) in [6.45, 7) is -0.0569. The molecule has 348 valence electrons. The third-order valence-electron chi connectivity index (χ3n) is 13.8. The number of anilines is 14. The molecule has 0 spiro atoms. The van der Waals surface area contributed by atoms with Crippen LogP contribution < -0.4 is 40.9 Å². The Bertz CT molecular complexity index is 3360. The molecule has 11 aromatic rings. The highest BCUT2D eigenvalue weighted by atomic mass is 15.2.